The lowest BCUT2D eigenvalue weighted by atomic mass is 9.86. The molecule has 0 unspecified atom stereocenters. The van der Waals surface area contributed by atoms with Crippen LogP contribution in [0.1, 0.15) is 24.2 Å². The summed E-state index contributed by atoms with van der Waals surface area (Å²) in [4.78, 5) is 33.1. The van der Waals surface area contributed by atoms with Gasteiger partial charge in [0.05, 0.1) is 17.5 Å². The zero-order valence-corrected chi connectivity index (χ0v) is 18.9. The second-order valence-electron chi connectivity index (χ2n) is 8.88. The first-order valence-corrected chi connectivity index (χ1v) is 11.6. The van der Waals surface area contributed by atoms with Gasteiger partial charge in [-0.2, -0.15) is 0 Å². The molecule has 2 aromatic heterocycles. The predicted molar refractivity (Wildman–Crippen MR) is 125 cm³/mol. The van der Waals surface area contributed by atoms with Gasteiger partial charge in [-0.15, -0.1) is 0 Å². The number of fused-ring (bicyclic) bond motifs is 4. The van der Waals surface area contributed by atoms with E-state index in [4.69, 9.17) is 0 Å². The highest BCUT2D eigenvalue weighted by molar-refractivity contribution is 5.80. The number of nitrogens with one attached hydrogen (secondary N) is 1. The van der Waals surface area contributed by atoms with Gasteiger partial charge in [-0.05, 0) is 36.8 Å². The number of carbonyl (C=O) groups is 1. The van der Waals surface area contributed by atoms with Crippen LogP contribution in [0.3, 0.4) is 0 Å². The molecule has 2 aliphatic rings. The largest absolute Gasteiger partial charge is 0.396 e. The molecule has 34 heavy (non-hydrogen) atoms. The Balaban J connectivity index is 1.64. The van der Waals surface area contributed by atoms with Gasteiger partial charge in [0.1, 0.15) is 5.82 Å². The number of halogens is 1. The fourth-order valence-corrected chi connectivity index (χ4v) is 5.62. The quantitative estimate of drug-likeness (QED) is 0.587. The monoisotopic (exact) mass is 462 g/mol. The van der Waals surface area contributed by atoms with E-state index in [2.05, 4.69) is 15.2 Å². The molecule has 1 aromatic carbocycles. The average molecular weight is 463 g/mol. The zero-order chi connectivity index (χ0) is 23.8. The lowest BCUT2D eigenvalue weighted by Crippen LogP contribution is -2.46. The molecule has 2 aliphatic heterocycles. The molecule has 0 spiro atoms. The lowest BCUT2D eigenvalue weighted by molar-refractivity contribution is -0.127. The van der Waals surface area contributed by atoms with Crippen molar-refractivity contribution in [3.8, 4) is 11.1 Å². The Morgan fingerprint density at radius 2 is 2.00 bits per heavy atom. The van der Waals surface area contributed by atoms with Crippen LogP contribution in [0.25, 0.3) is 11.1 Å². The Bertz CT molecular complexity index is 1260. The minimum atomic E-state index is -0.515. The molecular formula is C26H27FN4O3. The summed E-state index contributed by atoms with van der Waals surface area (Å²) < 4.78 is 16.1. The van der Waals surface area contributed by atoms with Crippen LogP contribution in [0.5, 0.6) is 0 Å². The van der Waals surface area contributed by atoms with Crippen LogP contribution in [0.2, 0.25) is 0 Å². The maximum atomic E-state index is 14.5. The van der Waals surface area contributed by atoms with E-state index in [1.807, 2.05) is 25.1 Å². The fraction of sp³-hybridized carbons (Fsp3) is 0.346. The van der Waals surface area contributed by atoms with Crippen molar-refractivity contribution in [3.63, 3.8) is 0 Å². The van der Waals surface area contributed by atoms with Crippen LogP contribution in [0.15, 0.2) is 65.7 Å². The van der Waals surface area contributed by atoms with E-state index < -0.39 is 17.8 Å². The number of aromatic nitrogens is 2. The van der Waals surface area contributed by atoms with Crippen molar-refractivity contribution in [2.75, 3.05) is 13.2 Å². The minimum absolute atomic E-state index is 0.135. The molecule has 0 radical (unpaired) electrons. The third-order valence-electron chi connectivity index (χ3n) is 7.08. The van der Waals surface area contributed by atoms with E-state index >= 15 is 0 Å². The van der Waals surface area contributed by atoms with Gasteiger partial charge < -0.3 is 15.0 Å². The maximum absolute atomic E-state index is 14.5. The number of rotatable bonds is 6. The molecule has 0 saturated carbocycles. The van der Waals surface area contributed by atoms with Crippen molar-refractivity contribution in [3.05, 3.63) is 88.4 Å². The molecule has 4 atom stereocenters. The summed E-state index contributed by atoms with van der Waals surface area (Å²) in [5, 5.41) is 13.3. The highest BCUT2D eigenvalue weighted by Crippen LogP contribution is 2.49. The standard InChI is InChI=1S/C26H27FN4O3/c1-2-29-25(33)23-19(15-32)22-14-31-21(24(23)30(22)13-16-6-5-11-28-12-16)10-9-18(26(31)34)17-7-3-4-8-20(17)27/h3-12,19,22-24,32H,2,13-15H2,1H3,(H,29,33)/t19-,22-,23+,24+/m1/s1. The van der Waals surface area contributed by atoms with E-state index in [0.717, 1.165) is 5.56 Å². The van der Waals surface area contributed by atoms with Crippen LogP contribution in [0.4, 0.5) is 4.39 Å². The number of carbonyl (C=O) groups excluding carboxylic acids is 1. The third-order valence-corrected chi connectivity index (χ3v) is 7.08. The molecule has 3 aromatic rings. The van der Waals surface area contributed by atoms with Crippen LogP contribution in [-0.2, 0) is 17.9 Å². The molecule has 4 heterocycles. The van der Waals surface area contributed by atoms with Gasteiger partial charge >= 0.3 is 0 Å². The molecule has 8 heteroatoms. The van der Waals surface area contributed by atoms with Crippen molar-refractivity contribution < 1.29 is 14.3 Å². The van der Waals surface area contributed by atoms with Crippen LogP contribution < -0.4 is 10.9 Å². The molecule has 1 fully saturated rings. The summed E-state index contributed by atoms with van der Waals surface area (Å²) in [6, 6.07) is 12.9. The van der Waals surface area contributed by atoms with Gasteiger partial charge in [-0.1, -0.05) is 24.3 Å². The number of nitrogens with zero attached hydrogens (tertiary/aromatic N) is 3. The Kier molecular flexibility index (Phi) is 6.02. The second kappa shape index (κ2) is 9.12. The molecule has 5 rings (SSSR count). The molecule has 2 N–H and O–H groups in total. The zero-order valence-electron chi connectivity index (χ0n) is 18.9. The fourth-order valence-electron chi connectivity index (χ4n) is 5.62. The summed E-state index contributed by atoms with van der Waals surface area (Å²) in [6.45, 7) is 3.02. The van der Waals surface area contributed by atoms with Crippen LogP contribution in [0, 0.1) is 17.7 Å². The summed E-state index contributed by atoms with van der Waals surface area (Å²) in [5.41, 5.74) is 1.96. The Morgan fingerprint density at radius 1 is 1.18 bits per heavy atom. The summed E-state index contributed by atoms with van der Waals surface area (Å²) >= 11 is 0. The molecule has 0 aliphatic carbocycles. The first-order chi connectivity index (χ1) is 16.5. The van der Waals surface area contributed by atoms with Crippen molar-refractivity contribution in [1.29, 1.82) is 0 Å². The average Bonchev–Trinajstić information content (AvgIpc) is 3.05. The van der Waals surface area contributed by atoms with E-state index in [-0.39, 0.29) is 41.2 Å². The minimum Gasteiger partial charge on any atom is -0.396 e. The van der Waals surface area contributed by atoms with Gasteiger partial charge in [-0.25, -0.2) is 4.39 Å². The number of amides is 1. The normalized spacial score (nSPS) is 23.5. The highest BCUT2D eigenvalue weighted by Gasteiger charge is 2.55. The SMILES string of the molecule is CCNC(=O)[C@H]1[C@H](CO)[C@H]2Cn3c(ccc(-c4ccccc4F)c3=O)[C@@H]1N2Cc1cccnc1. The predicted octanol–water partition coefficient (Wildman–Crippen LogP) is 2.35. The Morgan fingerprint density at radius 3 is 2.71 bits per heavy atom. The lowest BCUT2D eigenvalue weighted by Gasteiger charge is -2.38. The smallest absolute Gasteiger partial charge is 0.258 e. The molecular weight excluding hydrogens is 435 g/mol. The number of hydrogen-bond donors (Lipinski definition) is 2. The summed E-state index contributed by atoms with van der Waals surface area (Å²) in [5.74, 6) is -1.45. The Labute approximate surface area is 196 Å². The number of aliphatic hydroxyl groups is 1. The maximum Gasteiger partial charge on any atom is 0.258 e. The van der Waals surface area contributed by atoms with Crippen molar-refractivity contribution in [2.45, 2.75) is 32.1 Å². The molecule has 7 nitrogen and oxygen atoms in total. The topological polar surface area (TPSA) is 87.5 Å². The molecule has 2 bridgehead atoms. The van der Waals surface area contributed by atoms with Gasteiger partial charge in [0, 0.05) is 61.9 Å². The van der Waals surface area contributed by atoms with Gasteiger partial charge in [-0.3, -0.25) is 19.5 Å². The summed E-state index contributed by atoms with van der Waals surface area (Å²) in [6.07, 6.45) is 3.50. The van der Waals surface area contributed by atoms with Crippen molar-refractivity contribution >= 4 is 5.91 Å². The number of benzene rings is 1. The first-order valence-electron chi connectivity index (χ1n) is 11.6. The molecule has 1 saturated heterocycles. The first kappa shape index (κ1) is 22.4. The number of aliphatic hydroxyl groups excluding tert-OH is 1. The van der Waals surface area contributed by atoms with Gasteiger partial charge in [0.2, 0.25) is 5.91 Å². The number of pyridine rings is 2. The van der Waals surface area contributed by atoms with E-state index in [1.165, 1.54) is 6.07 Å². The molecule has 176 valence electrons. The van der Waals surface area contributed by atoms with Crippen molar-refractivity contribution in [2.24, 2.45) is 11.8 Å². The van der Waals surface area contributed by atoms with E-state index in [0.29, 0.717) is 25.3 Å². The molecule has 1 amide bonds. The van der Waals surface area contributed by atoms with Gasteiger partial charge in [0.15, 0.2) is 0 Å². The summed E-state index contributed by atoms with van der Waals surface area (Å²) in [7, 11) is 0. The van der Waals surface area contributed by atoms with E-state index in [9.17, 15) is 19.1 Å². The third kappa shape index (κ3) is 3.63. The van der Waals surface area contributed by atoms with E-state index in [1.54, 1.807) is 41.2 Å². The number of hydrogen-bond acceptors (Lipinski definition) is 5. The van der Waals surface area contributed by atoms with Crippen LogP contribution in [-0.4, -0.2) is 44.7 Å². The van der Waals surface area contributed by atoms with Crippen LogP contribution >= 0.6 is 0 Å². The second-order valence-corrected chi connectivity index (χ2v) is 8.88. The van der Waals surface area contributed by atoms with Crippen molar-refractivity contribution in [1.82, 2.24) is 19.8 Å². The Hall–Kier alpha value is -3.36. The highest BCUT2D eigenvalue weighted by atomic mass is 19.1. The van der Waals surface area contributed by atoms with Gasteiger partial charge in [0.25, 0.3) is 5.56 Å².